The van der Waals surface area contributed by atoms with Gasteiger partial charge in [0.2, 0.25) is 5.76 Å². The van der Waals surface area contributed by atoms with Crippen molar-refractivity contribution in [2.24, 2.45) is 0 Å². The molecule has 1 atom stereocenters. The van der Waals surface area contributed by atoms with Crippen LogP contribution in [0, 0.1) is 0 Å². The van der Waals surface area contributed by atoms with Gasteiger partial charge in [-0.3, -0.25) is 0 Å². The van der Waals surface area contributed by atoms with Crippen molar-refractivity contribution in [1.82, 2.24) is 0 Å². The normalized spacial score (nSPS) is 13.9. The Morgan fingerprint density at radius 2 is 2.00 bits per heavy atom. The Labute approximate surface area is 85.8 Å². The zero-order valence-corrected chi connectivity index (χ0v) is 7.50. The van der Waals surface area contributed by atoms with Crippen LogP contribution in [0.5, 0.6) is 0 Å². The monoisotopic (exact) mass is 244 g/mol. The highest BCUT2D eigenvalue weighted by Gasteiger charge is 2.49. The van der Waals surface area contributed by atoms with Gasteiger partial charge in [-0.1, -0.05) is 0 Å². The van der Waals surface area contributed by atoms with Crippen molar-refractivity contribution in [3.8, 4) is 0 Å². The van der Waals surface area contributed by atoms with Crippen LogP contribution in [0.3, 0.4) is 0 Å². The van der Waals surface area contributed by atoms with Crippen LogP contribution in [0.2, 0.25) is 0 Å². The molecule has 0 aliphatic heterocycles. The van der Waals surface area contributed by atoms with Crippen LogP contribution in [0.4, 0.5) is 22.0 Å². The van der Waals surface area contributed by atoms with Crippen molar-refractivity contribution in [2.75, 3.05) is 0 Å². The first kappa shape index (κ1) is 12.5. The summed E-state index contributed by atoms with van der Waals surface area (Å²) < 4.78 is 67.9. The molecule has 0 radical (unpaired) electrons. The van der Waals surface area contributed by atoms with E-state index in [1.54, 1.807) is 0 Å². The molecule has 1 heterocycles. The van der Waals surface area contributed by atoms with Gasteiger partial charge >= 0.3 is 12.1 Å². The lowest BCUT2D eigenvalue weighted by Gasteiger charge is -2.18. The Kier molecular flexibility index (Phi) is 3.51. The average Bonchev–Trinajstić information content (AvgIpc) is 2.63. The number of furan rings is 1. The van der Waals surface area contributed by atoms with Gasteiger partial charge in [0, 0.05) is 0 Å². The second-order valence-electron chi connectivity index (χ2n) is 2.68. The first-order chi connectivity index (χ1) is 7.32. The molecule has 0 aromatic carbocycles. The highest BCUT2D eigenvalue weighted by Crippen LogP contribution is 2.28. The minimum atomic E-state index is -5.32. The van der Waals surface area contributed by atoms with Crippen molar-refractivity contribution >= 4 is 5.97 Å². The topological polar surface area (TPSA) is 39.4 Å². The van der Waals surface area contributed by atoms with E-state index in [0.29, 0.717) is 0 Å². The third-order valence-corrected chi connectivity index (χ3v) is 1.51. The van der Waals surface area contributed by atoms with Crippen LogP contribution in [-0.2, 0) is 4.74 Å². The maximum absolute atomic E-state index is 12.0. The summed E-state index contributed by atoms with van der Waals surface area (Å²) in [6, 6.07) is 2.21. The molecule has 0 aliphatic rings. The molecule has 8 heteroatoms. The van der Waals surface area contributed by atoms with Crippen molar-refractivity contribution in [3.05, 3.63) is 24.2 Å². The van der Waals surface area contributed by atoms with Crippen molar-refractivity contribution in [3.63, 3.8) is 0 Å². The molecule has 16 heavy (non-hydrogen) atoms. The van der Waals surface area contributed by atoms with Gasteiger partial charge < -0.3 is 9.15 Å². The summed E-state index contributed by atoms with van der Waals surface area (Å²) in [6.45, 7) is 0. The third kappa shape index (κ3) is 2.94. The van der Waals surface area contributed by atoms with Gasteiger partial charge in [0.25, 0.3) is 12.5 Å². The molecule has 0 aliphatic carbocycles. The number of halogens is 5. The molecule has 0 amide bonds. The number of alkyl halides is 5. The van der Waals surface area contributed by atoms with Gasteiger partial charge in [-0.15, -0.1) is 0 Å². The number of rotatable bonds is 3. The second-order valence-corrected chi connectivity index (χ2v) is 2.68. The summed E-state index contributed by atoms with van der Waals surface area (Å²) in [5.41, 5.74) is 0. The van der Waals surface area contributed by atoms with E-state index >= 15 is 0 Å². The fraction of sp³-hybridized carbons (Fsp3) is 0.375. The van der Waals surface area contributed by atoms with E-state index in [1.807, 2.05) is 0 Å². The number of hydrogen-bond donors (Lipinski definition) is 0. The molecule has 90 valence electrons. The molecule has 0 N–H and O–H groups in total. The van der Waals surface area contributed by atoms with Crippen LogP contribution < -0.4 is 0 Å². The number of esters is 1. The van der Waals surface area contributed by atoms with E-state index in [0.717, 1.165) is 12.3 Å². The highest BCUT2D eigenvalue weighted by atomic mass is 19.4. The molecular formula is C8H5F5O3. The molecule has 1 unspecified atom stereocenters. The van der Waals surface area contributed by atoms with Crippen molar-refractivity contribution < 1.29 is 35.9 Å². The number of carbonyl (C=O) groups is 1. The summed E-state index contributed by atoms with van der Waals surface area (Å²) in [5.74, 6) is -2.16. The standard InChI is InChI=1S/C8H5F5O3/c9-6(10)5(8(11,12)13)16-7(14)4-2-1-3-15-4/h1-3,5-6H. The Hall–Kier alpha value is -1.60. The quantitative estimate of drug-likeness (QED) is 0.606. The fourth-order valence-corrected chi connectivity index (χ4v) is 0.829. The zero-order chi connectivity index (χ0) is 12.3. The number of ether oxygens (including phenoxy) is 1. The van der Waals surface area contributed by atoms with E-state index in [1.165, 1.54) is 6.07 Å². The van der Waals surface area contributed by atoms with E-state index in [9.17, 15) is 26.7 Å². The number of hydrogen-bond acceptors (Lipinski definition) is 3. The Morgan fingerprint density at radius 3 is 2.38 bits per heavy atom. The van der Waals surface area contributed by atoms with Crippen LogP contribution in [0.1, 0.15) is 10.6 Å². The van der Waals surface area contributed by atoms with Crippen LogP contribution in [-0.4, -0.2) is 24.7 Å². The van der Waals surface area contributed by atoms with Gasteiger partial charge in [-0.25, -0.2) is 13.6 Å². The predicted octanol–water partition coefficient (Wildman–Crippen LogP) is 2.63. The lowest BCUT2D eigenvalue weighted by atomic mass is 10.3. The molecule has 1 rings (SSSR count). The summed E-state index contributed by atoms with van der Waals surface area (Å²) in [5, 5.41) is 0. The molecule has 0 bridgehead atoms. The minimum absolute atomic E-state index is 0.574. The molecule has 1 aromatic heterocycles. The maximum Gasteiger partial charge on any atom is 0.431 e. The Bertz CT molecular complexity index is 343. The lowest BCUT2D eigenvalue weighted by Crippen LogP contribution is -2.39. The van der Waals surface area contributed by atoms with Gasteiger partial charge in [-0.05, 0) is 12.1 Å². The first-order valence-corrected chi connectivity index (χ1v) is 3.91. The van der Waals surface area contributed by atoms with E-state index < -0.39 is 30.4 Å². The predicted molar refractivity (Wildman–Crippen MR) is 40.0 cm³/mol. The lowest BCUT2D eigenvalue weighted by molar-refractivity contribution is -0.236. The maximum atomic E-state index is 12.0. The summed E-state index contributed by atoms with van der Waals surface area (Å²) in [6.07, 6.45) is -11.6. The molecule has 0 saturated carbocycles. The smallest absolute Gasteiger partial charge is 0.431 e. The highest BCUT2D eigenvalue weighted by molar-refractivity contribution is 5.86. The van der Waals surface area contributed by atoms with E-state index in [4.69, 9.17) is 0 Å². The second kappa shape index (κ2) is 4.50. The van der Waals surface area contributed by atoms with Crippen LogP contribution in [0.15, 0.2) is 22.8 Å². The van der Waals surface area contributed by atoms with Gasteiger partial charge in [0.05, 0.1) is 6.26 Å². The average molecular weight is 244 g/mol. The summed E-state index contributed by atoms with van der Waals surface area (Å²) in [7, 11) is 0. The van der Waals surface area contributed by atoms with Crippen LogP contribution >= 0.6 is 0 Å². The Balaban J connectivity index is 2.74. The molecular weight excluding hydrogens is 239 g/mol. The third-order valence-electron chi connectivity index (χ3n) is 1.51. The van der Waals surface area contributed by atoms with Crippen molar-refractivity contribution in [2.45, 2.75) is 18.7 Å². The molecule has 0 saturated heterocycles. The number of carbonyl (C=O) groups excluding carboxylic acids is 1. The molecule has 1 aromatic rings. The molecule has 3 nitrogen and oxygen atoms in total. The van der Waals surface area contributed by atoms with Crippen LogP contribution in [0.25, 0.3) is 0 Å². The largest absolute Gasteiger partial charge is 0.457 e. The zero-order valence-electron chi connectivity index (χ0n) is 7.50. The van der Waals surface area contributed by atoms with Gasteiger partial charge in [-0.2, -0.15) is 13.2 Å². The van der Waals surface area contributed by atoms with Gasteiger partial charge in [0.15, 0.2) is 0 Å². The SMILES string of the molecule is O=C(OC(C(F)F)C(F)(F)F)c1ccco1. The Morgan fingerprint density at radius 1 is 1.38 bits per heavy atom. The van der Waals surface area contributed by atoms with Gasteiger partial charge in [0.1, 0.15) is 0 Å². The summed E-state index contributed by atoms with van der Waals surface area (Å²) >= 11 is 0. The van der Waals surface area contributed by atoms with Crippen molar-refractivity contribution in [1.29, 1.82) is 0 Å². The minimum Gasteiger partial charge on any atom is -0.457 e. The first-order valence-electron chi connectivity index (χ1n) is 3.91. The summed E-state index contributed by atoms with van der Waals surface area (Å²) in [4.78, 5) is 10.9. The molecule has 0 fully saturated rings. The fourth-order valence-electron chi connectivity index (χ4n) is 0.829. The van der Waals surface area contributed by atoms with E-state index in [-0.39, 0.29) is 0 Å². The van der Waals surface area contributed by atoms with E-state index in [2.05, 4.69) is 9.15 Å². The molecule has 0 spiro atoms.